The van der Waals surface area contributed by atoms with Crippen LogP contribution in [0.15, 0.2) is 22.7 Å². The first-order valence-electron chi connectivity index (χ1n) is 6.28. The third kappa shape index (κ3) is 3.05. The van der Waals surface area contributed by atoms with E-state index in [2.05, 4.69) is 34.7 Å². The summed E-state index contributed by atoms with van der Waals surface area (Å²) in [6.07, 6.45) is 2.63. The van der Waals surface area contributed by atoms with Gasteiger partial charge >= 0.3 is 5.97 Å². The van der Waals surface area contributed by atoms with E-state index in [9.17, 15) is 4.79 Å². The van der Waals surface area contributed by atoms with Crippen molar-refractivity contribution in [3.8, 4) is 0 Å². The summed E-state index contributed by atoms with van der Waals surface area (Å²) in [6.45, 7) is 5.40. The minimum absolute atomic E-state index is 0.314. The summed E-state index contributed by atoms with van der Waals surface area (Å²) in [6, 6.07) is 5.90. The maximum Gasteiger partial charge on any atom is 0.336 e. The second kappa shape index (κ2) is 5.31. The van der Waals surface area contributed by atoms with E-state index in [1.54, 1.807) is 6.07 Å². The molecule has 4 heteroatoms. The van der Waals surface area contributed by atoms with E-state index in [0.29, 0.717) is 16.1 Å². The Morgan fingerprint density at radius 1 is 1.50 bits per heavy atom. The first kappa shape index (κ1) is 13.4. The van der Waals surface area contributed by atoms with E-state index >= 15 is 0 Å². The Kier molecular flexibility index (Phi) is 3.95. The SMILES string of the molecule is CC(C)N(CC1CC1)c1ccc(C(=O)O)c(Br)c1. The second-order valence-corrected chi connectivity index (χ2v) is 6.01. The Hall–Kier alpha value is -1.03. The lowest BCUT2D eigenvalue weighted by molar-refractivity contribution is 0.0696. The molecular formula is C14H18BrNO2. The number of carbonyl (C=O) groups is 1. The maximum absolute atomic E-state index is 11.0. The number of rotatable bonds is 5. The fraction of sp³-hybridized carbons (Fsp3) is 0.500. The predicted octanol–water partition coefficient (Wildman–Crippen LogP) is 3.77. The fourth-order valence-electron chi connectivity index (χ4n) is 2.05. The normalized spacial score (nSPS) is 14.9. The molecule has 0 spiro atoms. The third-order valence-corrected chi connectivity index (χ3v) is 3.95. The van der Waals surface area contributed by atoms with Crippen LogP contribution in [0.5, 0.6) is 0 Å². The quantitative estimate of drug-likeness (QED) is 0.899. The fourth-order valence-corrected chi connectivity index (χ4v) is 2.59. The molecule has 18 heavy (non-hydrogen) atoms. The van der Waals surface area contributed by atoms with Gasteiger partial charge in [0, 0.05) is 22.7 Å². The highest BCUT2D eigenvalue weighted by molar-refractivity contribution is 9.10. The monoisotopic (exact) mass is 311 g/mol. The van der Waals surface area contributed by atoms with Gasteiger partial charge in [0.15, 0.2) is 0 Å². The van der Waals surface area contributed by atoms with Crippen LogP contribution in [-0.4, -0.2) is 23.7 Å². The Morgan fingerprint density at radius 2 is 2.17 bits per heavy atom. The summed E-state index contributed by atoms with van der Waals surface area (Å²) in [5, 5.41) is 9.02. The van der Waals surface area contributed by atoms with Crippen LogP contribution in [0, 0.1) is 5.92 Å². The zero-order chi connectivity index (χ0) is 13.3. The van der Waals surface area contributed by atoms with E-state index in [4.69, 9.17) is 5.11 Å². The highest BCUT2D eigenvalue weighted by Gasteiger charge is 2.26. The highest BCUT2D eigenvalue weighted by Crippen LogP contribution is 2.33. The van der Waals surface area contributed by atoms with Crippen molar-refractivity contribution < 1.29 is 9.90 Å². The van der Waals surface area contributed by atoms with Gasteiger partial charge in [0.2, 0.25) is 0 Å². The van der Waals surface area contributed by atoms with Gasteiger partial charge in [-0.05, 0) is 66.7 Å². The number of carboxylic acid groups (broad SMARTS) is 1. The summed E-state index contributed by atoms with van der Waals surface area (Å²) >= 11 is 3.34. The van der Waals surface area contributed by atoms with Gasteiger partial charge in [-0.1, -0.05) is 0 Å². The van der Waals surface area contributed by atoms with E-state index in [1.165, 1.54) is 12.8 Å². The summed E-state index contributed by atoms with van der Waals surface area (Å²) in [4.78, 5) is 13.3. The molecule has 1 aliphatic carbocycles. The van der Waals surface area contributed by atoms with E-state index in [0.717, 1.165) is 18.2 Å². The van der Waals surface area contributed by atoms with Crippen molar-refractivity contribution in [1.29, 1.82) is 0 Å². The molecule has 0 bridgehead atoms. The van der Waals surface area contributed by atoms with E-state index in [-0.39, 0.29) is 0 Å². The zero-order valence-corrected chi connectivity index (χ0v) is 12.3. The van der Waals surface area contributed by atoms with Gasteiger partial charge in [0.25, 0.3) is 0 Å². The number of benzene rings is 1. The lowest BCUT2D eigenvalue weighted by Crippen LogP contribution is -2.32. The number of halogens is 1. The van der Waals surface area contributed by atoms with Crippen molar-refractivity contribution in [2.24, 2.45) is 5.92 Å². The van der Waals surface area contributed by atoms with Crippen molar-refractivity contribution >= 4 is 27.6 Å². The van der Waals surface area contributed by atoms with Crippen molar-refractivity contribution in [2.75, 3.05) is 11.4 Å². The molecule has 0 amide bonds. The van der Waals surface area contributed by atoms with Crippen molar-refractivity contribution in [1.82, 2.24) is 0 Å². The standard InChI is InChI=1S/C14H18BrNO2/c1-9(2)16(8-10-3-4-10)11-5-6-12(14(17)18)13(15)7-11/h5-7,9-10H,3-4,8H2,1-2H3,(H,17,18). The lowest BCUT2D eigenvalue weighted by Gasteiger charge is -2.29. The molecule has 1 aromatic carbocycles. The molecule has 2 rings (SSSR count). The molecule has 0 aliphatic heterocycles. The first-order chi connectivity index (χ1) is 8.49. The molecule has 1 N–H and O–H groups in total. The van der Waals surface area contributed by atoms with Gasteiger partial charge in [-0.3, -0.25) is 0 Å². The third-order valence-electron chi connectivity index (χ3n) is 3.29. The highest BCUT2D eigenvalue weighted by atomic mass is 79.9. The number of aromatic carboxylic acids is 1. The summed E-state index contributed by atoms with van der Waals surface area (Å²) in [5.74, 6) is -0.0861. The van der Waals surface area contributed by atoms with Crippen LogP contribution in [0.4, 0.5) is 5.69 Å². The van der Waals surface area contributed by atoms with Crippen molar-refractivity contribution in [3.05, 3.63) is 28.2 Å². The average Bonchev–Trinajstić information content (AvgIpc) is 3.08. The van der Waals surface area contributed by atoms with Crippen LogP contribution >= 0.6 is 15.9 Å². The van der Waals surface area contributed by atoms with Gasteiger partial charge < -0.3 is 10.0 Å². The largest absolute Gasteiger partial charge is 0.478 e. The molecule has 3 nitrogen and oxygen atoms in total. The molecule has 1 fully saturated rings. The second-order valence-electron chi connectivity index (χ2n) is 5.16. The number of nitrogens with zero attached hydrogens (tertiary/aromatic N) is 1. The van der Waals surface area contributed by atoms with Crippen LogP contribution < -0.4 is 4.90 Å². The smallest absolute Gasteiger partial charge is 0.336 e. The molecule has 1 aliphatic rings. The predicted molar refractivity (Wildman–Crippen MR) is 76.3 cm³/mol. The topological polar surface area (TPSA) is 40.5 Å². The van der Waals surface area contributed by atoms with Crippen LogP contribution in [0.2, 0.25) is 0 Å². The van der Waals surface area contributed by atoms with Gasteiger partial charge in [0.1, 0.15) is 0 Å². The summed E-state index contributed by atoms with van der Waals surface area (Å²) in [5.41, 5.74) is 1.41. The van der Waals surface area contributed by atoms with E-state index in [1.807, 2.05) is 12.1 Å². The Bertz CT molecular complexity index is 455. The molecule has 0 aromatic heterocycles. The van der Waals surface area contributed by atoms with Gasteiger partial charge in [0.05, 0.1) is 5.56 Å². The molecule has 0 heterocycles. The molecule has 0 unspecified atom stereocenters. The first-order valence-corrected chi connectivity index (χ1v) is 7.08. The molecule has 0 saturated heterocycles. The molecule has 1 aromatic rings. The number of hydrogen-bond acceptors (Lipinski definition) is 2. The molecule has 0 radical (unpaired) electrons. The Labute approximate surface area is 116 Å². The maximum atomic E-state index is 11.0. The minimum atomic E-state index is -0.897. The van der Waals surface area contributed by atoms with Gasteiger partial charge in [-0.15, -0.1) is 0 Å². The minimum Gasteiger partial charge on any atom is -0.478 e. The van der Waals surface area contributed by atoms with Crippen LogP contribution in [0.1, 0.15) is 37.0 Å². The van der Waals surface area contributed by atoms with Crippen LogP contribution in [0.25, 0.3) is 0 Å². The zero-order valence-electron chi connectivity index (χ0n) is 10.7. The molecule has 0 atom stereocenters. The molecular weight excluding hydrogens is 294 g/mol. The lowest BCUT2D eigenvalue weighted by atomic mass is 10.1. The summed E-state index contributed by atoms with van der Waals surface area (Å²) < 4.78 is 0.647. The van der Waals surface area contributed by atoms with Gasteiger partial charge in [-0.25, -0.2) is 4.79 Å². The Morgan fingerprint density at radius 3 is 2.61 bits per heavy atom. The van der Waals surface area contributed by atoms with E-state index < -0.39 is 5.97 Å². The molecule has 98 valence electrons. The number of anilines is 1. The Balaban J connectivity index is 2.24. The van der Waals surface area contributed by atoms with Crippen molar-refractivity contribution in [2.45, 2.75) is 32.7 Å². The number of hydrogen-bond donors (Lipinski definition) is 1. The average molecular weight is 312 g/mol. The van der Waals surface area contributed by atoms with Gasteiger partial charge in [-0.2, -0.15) is 0 Å². The summed E-state index contributed by atoms with van der Waals surface area (Å²) in [7, 11) is 0. The van der Waals surface area contributed by atoms with Crippen LogP contribution in [0.3, 0.4) is 0 Å². The van der Waals surface area contributed by atoms with Crippen molar-refractivity contribution in [3.63, 3.8) is 0 Å². The number of carboxylic acids is 1. The molecule has 1 saturated carbocycles. The van der Waals surface area contributed by atoms with Crippen LogP contribution in [-0.2, 0) is 0 Å².